The number of imidazole rings is 1. The van der Waals surface area contributed by atoms with Gasteiger partial charge in [0.05, 0.1) is 31.7 Å². The molecule has 32 heteroatoms. The Hall–Kier alpha value is -4.09. The van der Waals surface area contributed by atoms with Crippen LogP contribution in [0, 0.1) is 5.41 Å². The maximum atomic E-state index is 12.7. The summed E-state index contributed by atoms with van der Waals surface area (Å²) < 4.78 is 62.4. The monoisotopic (exact) mass is 1120 g/mol. The molecule has 0 radical (unpaired) electrons. The number of rotatable bonds is 34. The third-order valence-electron chi connectivity index (χ3n) is 10.2. The lowest BCUT2D eigenvalue weighted by molar-refractivity contribution is -0.138. The second kappa shape index (κ2) is 30.5. The Morgan fingerprint density at radius 1 is 0.890 bits per heavy atom. The molecule has 1 fully saturated rings. The minimum atomic E-state index is -5.60. The Labute approximate surface area is 423 Å². The van der Waals surface area contributed by atoms with Crippen LogP contribution in [0.4, 0.5) is 5.82 Å². The number of carboxylic acids is 1. The number of aliphatic hydroxyl groups is 4. The highest BCUT2D eigenvalue weighted by Crippen LogP contribution is 2.61. The van der Waals surface area contributed by atoms with E-state index in [1.165, 1.54) is 13.8 Å². The molecule has 2 aromatic heterocycles. The van der Waals surface area contributed by atoms with Crippen molar-refractivity contribution in [2.24, 2.45) is 5.41 Å². The number of amides is 2. The number of nitrogens with two attached hydrogens (primary N) is 1. The summed E-state index contributed by atoms with van der Waals surface area (Å²) in [5, 5.41) is 54.9. The number of aliphatic carboxylic acids is 1. The van der Waals surface area contributed by atoms with E-state index >= 15 is 0 Å². The standard InChI is InChI=1S/C41H64N7O21P3S/c1-41(2,24-66-72(63,64)69-71(61,62)65-23-29-35(68-70(58,59)60)34(55)40(67-29)48-26-47-33-37(42)45-25-46-38(33)48)36(56)39(57)44-20-19-30(51)43-21-22-73-32(54)18-11-5-3-4-8-13-27(49)14-9-6-7-10-15-28(50)16-12-17-31(52)53/h4,6-10,14-15,25-29,34-36,40,49-50,55-56H,3,5,11-13,16-24H2,1-2H3,(H,43,51)(H,44,57)(H,52,53)(H,61,62)(H,63,64)(H2,42,45,46)(H2,58,59,60)/b7-6+,8-4+,14-9+,15-10+. The first-order valence-electron chi connectivity index (χ1n) is 22.5. The van der Waals surface area contributed by atoms with Crippen LogP contribution in [0.25, 0.3) is 11.2 Å². The molecule has 0 saturated carbocycles. The van der Waals surface area contributed by atoms with Crippen molar-refractivity contribution in [1.29, 1.82) is 0 Å². The van der Waals surface area contributed by atoms with Crippen LogP contribution >= 0.6 is 35.2 Å². The lowest BCUT2D eigenvalue weighted by atomic mass is 9.87. The number of aliphatic hydroxyl groups excluding tert-OH is 4. The SMILES string of the molecule is CC(C)(COP(=O)(O)OP(=O)(O)OCC1OC(n2cnc3c(N)ncnc32)C(O)C1OP(=O)(O)O)C(O)C(=O)NCCC(=O)NCCSC(=O)CCCC/C=C/CC(O)/C=C/C=C/C=C/C(O)CCCC(=O)O. The third-order valence-corrected chi connectivity index (χ3v) is 14.2. The summed E-state index contributed by atoms with van der Waals surface area (Å²) >= 11 is 1.06. The van der Waals surface area contributed by atoms with Crippen LogP contribution in [0.1, 0.15) is 77.9 Å². The minimum Gasteiger partial charge on any atom is -0.481 e. The number of ether oxygens (including phenoxy) is 1. The molecule has 3 rings (SSSR count). The van der Waals surface area contributed by atoms with E-state index in [2.05, 4.69) is 34.4 Å². The topological polar surface area (TPSA) is 441 Å². The maximum Gasteiger partial charge on any atom is 0.481 e. The Kier molecular flexibility index (Phi) is 26.4. The highest BCUT2D eigenvalue weighted by atomic mass is 32.2. The molecule has 0 aliphatic carbocycles. The quantitative estimate of drug-likeness (QED) is 0.0206. The molecule has 1 aliphatic rings. The van der Waals surface area contributed by atoms with E-state index in [1.54, 1.807) is 36.5 Å². The summed E-state index contributed by atoms with van der Waals surface area (Å²) in [6.45, 7) is 0.354. The predicted molar refractivity (Wildman–Crippen MR) is 260 cm³/mol. The zero-order chi connectivity index (χ0) is 54.4. The molecule has 28 nitrogen and oxygen atoms in total. The van der Waals surface area contributed by atoms with Gasteiger partial charge in [0.2, 0.25) is 11.8 Å². The molecule has 2 amide bonds. The van der Waals surface area contributed by atoms with Crippen LogP contribution in [0.2, 0.25) is 0 Å². The minimum absolute atomic E-state index is 0.00175. The van der Waals surface area contributed by atoms with E-state index in [0.29, 0.717) is 37.9 Å². The number of phosphoric ester groups is 3. The first-order chi connectivity index (χ1) is 34.2. The highest BCUT2D eigenvalue weighted by molar-refractivity contribution is 8.13. The number of carboxylic acid groups (broad SMARTS) is 1. The van der Waals surface area contributed by atoms with Crippen molar-refractivity contribution in [1.82, 2.24) is 30.2 Å². The van der Waals surface area contributed by atoms with Crippen molar-refractivity contribution in [3.8, 4) is 0 Å². The van der Waals surface area contributed by atoms with Gasteiger partial charge in [-0.15, -0.1) is 0 Å². The number of nitrogens with one attached hydrogen (secondary N) is 2. The van der Waals surface area contributed by atoms with Crippen LogP contribution < -0.4 is 16.4 Å². The van der Waals surface area contributed by atoms with E-state index in [-0.39, 0.29) is 48.0 Å². The number of nitrogens with zero attached hydrogens (tertiary/aromatic N) is 4. The van der Waals surface area contributed by atoms with Gasteiger partial charge in [-0.3, -0.25) is 37.3 Å². The summed E-state index contributed by atoms with van der Waals surface area (Å²) in [6.07, 6.45) is 8.75. The molecule has 0 aromatic carbocycles. The molecule has 73 heavy (non-hydrogen) atoms. The van der Waals surface area contributed by atoms with Crippen molar-refractivity contribution in [3.63, 3.8) is 0 Å². The van der Waals surface area contributed by atoms with Gasteiger partial charge >= 0.3 is 29.4 Å². The zero-order valence-corrected chi connectivity index (χ0v) is 43.3. The average molecular weight is 1120 g/mol. The average Bonchev–Trinajstić information content (AvgIpc) is 3.86. The molecule has 3 heterocycles. The normalized spacial score (nSPS) is 20.7. The molecule has 410 valence electrons. The fraction of sp³-hybridized carbons (Fsp3) is 0.585. The molecule has 9 unspecified atom stereocenters. The van der Waals surface area contributed by atoms with Crippen molar-refractivity contribution in [2.75, 3.05) is 37.8 Å². The second-order valence-electron chi connectivity index (χ2n) is 16.8. The van der Waals surface area contributed by atoms with E-state index in [0.717, 1.165) is 41.8 Å². The van der Waals surface area contributed by atoms with Crippen molar-refractivity contribution < 1.29 is 101 Å². The molecule has 2 aromatic rings. The lowest BCUT2D eigenvalue weighted by Gasteiger charge is -2.30. The molecule has 1 saturated heterocycles. The number of thioether (sulfide) groups is 1. The number of carbonyl (C=O) groups is 4. The highest BCUT2D eigenvalue weighted by Gasteiger charge is 2.50. The van der Waals surface area contributed by atoms with E-state index < -0.39 is 103 Å². The molecular formula is C41H64N7O21P3S. The van der Waals surface area contributed by atoms with Crippen LogP contribution in [0.15, 0.2) is 61.3 Å². The number of nitrogen functional groups attached to an aromatic ring is 1. The smallest absolute Gasteiger partial charge is 0.481 e. The van der Waals surface area contributed by atoms with Gasteiger partial charge in [0.25, 0.3) is 0 Å². The summed E-state index contributed by atoms with van der Waals surface area (Å²) in [5.74, 6) is -2.12. The summed E-state index contributed by atoms with van der Waals surface area (Å²) in [7, 11) is -16.5. The maximum absolute atomic E-state index is 12.7. The number of phosphoric acid groups is 3. The molecular weight excluding hydrogens is 1050 g/mol. The second-order valence-corrected chi connectivity index (χ2v) is 22.2. The van der Waals surface area contributed by atoms with E-state index in [4.69, 9.17) is 24.6 Å². The number of hydrogen-bond acceptors (Lipinski definition) is 21. The summed E-state index contributed by atoms with van der Waals surface area (Å²) in [6, 6.07) is 0. The molecule has 9 atom stereocenters. The summed E-state index contributed by atoms with van der Waals surface area (Å²) in [5.41, 5.74) is 4.22. The fourth-order valence-electron chi connectivity index (χ4n) is 6.40. The van der Waals surface area contributed by atoms with Crippen LogP contribution in [0.3, 0.4) is 0 Å². The van der Waals surface area contributed by atoms with Gasteiger partial charge in [-0.25, -0.2) is 28.6 Å². The predicted octanol–water partition coefficient (Wildman–Crippen LogP) is 1.82. The van der Waals surface area contributed by atoms with Gasteiger partial charge in [-0.1, -0.05) is 74.2 Å². The number of hydrogen-bond donors (Lipinski definition) is 12. The van der Waals surface area contributed by atoms with Gasteiger partial charge < -0.3 is 66.2 Å². The number of fused-ring (bicyclic) bond motifs is 1. The Balaban J connectivity index is 1.29. The zero-order valence-electron chi connectivity index (χ0n) is 39.8. The molecule has 1 aliphatic heterocycles. The molecule has 0 spiro atoms. The summed E-state index contributed by atoms with van der Waals surface area (Å²) in [4.78, 5) is 98.9. The number of aromatic nitrogens is 4. The fourth-order valence-corrected chi connectivity index (χ4v) is 9.95. The van der Waals surface area contributed by atoms with Gasteiger partial charge in [-0.05, 0) is 38.5 Å². The van der Waals surface area contributed by atoms with E-state index in [1.807, 2.05) is 12.2 Å². The first-order valence-corrected chi connectivity index (χ1v) is 28.0. The molecule has 0 bridgehead atoms. The van der Waals surface area contributed by atoms with Crippen LogP contribution in [0.5, 0.6) is 0 Å². The first kappa shape index (κ1) is 63.2. The lowest BCUT2D eigenvalue weighted by Crippen LogP contribution is -2.46. The number of unbranched alkanes of at least 4 members (excludes halogenated alkanes) is 2. The van der Waals surface area contributed by atoms with E-state index in [9.17, 15) is 72.9 Å². The third kappa shape index (κ3) is 24.0. The Bertz CT molecular complexity index is 2400. The van der Waals surface area contributed by atoms with Crippen molar-refractivity contribution in [2.45, 2.75) is 114 Å². The van der Waals surface area contributed by atoms with Gasteiger partial charge in [0.15, 0.2) is 22.8 Å². The van der Waals surface area contributed by atoms with Crippen LogP contribution in [-0.2, 0) is 55.5 Å². The van der Waals surface area contributed by atoms with Crippen molar-refractivity contribution in [3.05, 3.63) is 61.3 Å². The van der Waals surface area contributed by atoms with Gasteiger partial charge in [0, 0.05) is 43.5 Å². The van der Waals surface area contributed by atoms with Crippen molar-refractivity contribution >= 4 is 75.1 Å². The largest absolute Gasteiger partial charge is 0.481 e. The number of carbonyl (C=O) groups excluding carboxylic acids is 3. The Morgan fingerprint density at radius 2 is 1.58 bits per heavy atom. The van der Waals surface area contributed by atoms with Crippen LogP contribution in [-0.4, -0.2) is 156 Å². The van der Waals surface area contributed by atoms with Gasteiger partial charge in [-0.2, -0.15) is 4.31 Å². The number of anilines is 1. The molecule has 13 N–H and O–H groups in total. The number of allylic oxidation sites excluding steroid dienone is 5. The van der Waals surface area contributed by atoms with Gasteiger partial charge in [0.1, 0.15) is 36.3 Å². The Morgan fingerprint density at radius 3 is 2.26 bits per heavy atom.